The van der Waals surface area contributed by atoms with Crippen LogP contribution in [0.2, 0.25) is 0 Å². The number of nitrogens with zero attached hydrogens (tertiary/aromatic N) is 1. The summed E-state index contributed by atoms with van der Waals surface area (Å²) in [5, 5.41) is 0. The van der Waals surface area contributed by atoms with Crippen LogP contribution in [-0.4, -0.2) is 17.0 Å². The molecule has 27 heavy (non-hydrogen) atoms. The number of halogens is 1. The fraction of sp³-hybridized carbons (Fsp3) is 0.435. The molecule has 0 aromatic heterocycles. The first-order valence-corrected chi connectivity index (χ1v) is 10.8. The molecule has 4 heteroatoms. The lowest BCUT2D eigenvalue weighted by Crippen LogP contribution is -2.47. The van der Waals surface area contributed by atoms with Gasteiger partial charge in [0, 0.05) is 17.1 Å². The van der Waals surface area contributed by atoms with Crippen molar-refractivity contribution < 1.29 is 0 Å². The van der Waals surface area contributed by atoms with Crippen molar-refractivity contribution in [3.8, 4) is 0 Å². The number of para-hydroxylation sites is 1. The van der Waals surface area contributed by atoms with Crippen molar-refractivity contribution in [3.05, 3.63) is 66.2 Å². The van der Waals surface area contributed by atoms with E-state index in [1.807, 2.05) is 0 Å². The van der Waals surface area contributed by atoms with Gasteiger partial charge in [-0.15, -0.1) is 11.6 Å². The van der Waals surface area contributed by atoms with Crippen LogP contribution in [0.25, 0.3) is 0 Å². The van der Waals surface area contributed by atoms with Crippen LogP contribution in [-0.2, 0) is 5.41 Å². The second-order valence-corrected chi connectivity index (χ2v) is 9.42. The van der Waals surface area contributed by atoms with Gasteiger partial charge in [-0.1, -0.05) is 60.7 Å². The standard InChI is InChI=1S/C23H25ClN2S/c24-15-26(18-9-5-2-6-10-18)20-16-11-22(17-7-3-1-4-8-17)13-19(20)23(12-16,14-22)21(25)27/h1-10,16,19-20H,11-15H2,(H2,25,27). The van der Waals surface area contributed by atoms with Crippen LogP contribution in [0.1, 0.15) is 31.2 Å². The highest BCUT2D eigenvalue weighted by atomic mass is 35.5. The summed E-state index contributed by atoms with van der Waals surface area (Å²) in [6.45, 7) is 0. The Morgan fingerprint density at radius 2 is 1.70 bits per heavy atom. The molecule has 2 aromatic carbocycles. The maximum atomic E-state index is 6.49. The van der Waals surface area contributed by atoms with Gasteiger partial charge >= 0.3 is 0 Å². The Kier molecular flexibility index (Phi) is 4.03. The molecular weight excluding hydrogens is 372 g/mol. The Labute approximate surface area is 171 Å². The van der Waals surface area contributed by atoms with Crippen molar-refractivity contribution in [1.29, 1.82) is 0 Å². The van der Waals surface area contributed by atoms with E-state index in [4.69, 9.17) is 29.6 Å². The highest BCUT2D eigenvalue weighted by Gasteiger charge is 2.70. The summed E-state index contributed by atoms with van der Waals surface area (Å²) in [6, 6.07) is 22.5. The third-order valence-corrected chi connectivity index (χ3v) is 8.27. The molecule has 4 bridgehead atoms. The van der Waals surface area contributed by atoms with Crippen LogP contribution in [0.4, 0.5) is 5.69 Å². The van der Waals surface area contributed by atoms with Crippen LogP contribution < -0.4 is 10.6 Å². The second-order valence-electron chi connectivity index (χ2n) is 8.74. The zero-order valence-electron chi connectivity index (χ0n) is 15.4. The molecule has 4 fully saturated rings. The molecular formula is C23H25ClN2S. The van der Waals surface area contributed by atoms with Crippen molar-refractivity contribution in [2.45, 2.75) is 37.1 Å². The van der Waals surface area contributed by atoms with Crippen LogP contribution in [0.3, 0.4) is 0 Å². The Morgan fingerprint density at radius 3 is 2.33 bits per heavy atom. The number of hydrogen-bond acceptors (Lipinski definition) is 2. The summed E-state index contributed by atoms with van der Waals surface area (Å²) in [5.74, 6) is 1.06. The zero-order valence-corrected chi connectivity index (χ0v) is 16.9. The maximum absolute atomic E-state index is 6.49. The van der Waals surface area contributed by atoms with E-state index in [0.717, 1.165) is 24.3 Å². The molecule has 4 aliphatic carbocycles. The minimum atomic E-state index is -0.0160. The maximum Gasteiger partial charge on any atom is 0.0931 e. The average molecular weight is 397 g/mol. The fourth-order valence-corrected chi connectivity index (χ4v) is 7.38. The Balaban J connectivity index is 1.57. The number of thiocarbonyl (C=S) groups is 1. The predicted octanol–water partition coefficient (Wildman–Crippen LogP) is 5.10. The molecule has 0 spiro atoms. The van der Waals surface area contributed by atoms with Gasteiger partial charge in [0.05, 0.1) is 11.0 Å². The SMILES string of the molecule is NC(=S)C12CC3CC(c4ccccc4)(CC1C3N(CCl)c1ccccc1)C2. The van der Waals surface area contributed by atoms with Crippen LogP contribution >= 0.6 is 23.8 Å². The molecule has 0 aliphatic heterocycles. The van der Waals surface area contributed by atoms with Gasteiger partial charge in [0.25, 0.3) is 0 Å². The van der Waals surface area contributed by atoms with Crippen molar-refractivity contribution >= 4 is 34.5 Å². The third kappa shape index (κ3) is 2.41. The molecule has 5 unspecified atom stereocenters. The predicted molar refractivity (Wildman–Crippen MR) is 116 cm³/mol. The lowest BCUT2D eigenvalue weighted by molar-refractivity contribution is 0.198. The van der Waals surface area contributed by atoms with Gasteiger partial charge in [0.2, 0.25) is 0 Å². The van der Waals surface area contributed by atoms with Gasteiger partial charge in [0.15, 0.2) is 0 Å². The average Bonchev–Trinajstić information content (AvgIpc) is 3.08. The largest absolute Gasteiger partial charge is 0.393 e. The van der Waals surface area contributed by atoms with Crippen molar-refractivity contribution in [1.82, 2.24) is 0 Å². The van der Waals surface area contributed by atoms with E-state index in [9.17, 15) is 0 Å². The molecule has 0 heterocycles. The minimum Gasteiger partial charge on any atom is -0.393 e. The summed E-state index contributed by atoms with van der Waals surface area (Å²) in [6.07, 6.45) is 4.59. The van der Waals surface area contributed by atoms with E-state index < -0.39 is 0 Å². The van der Waals surface area contributed by atoms with Crippen molar-refractivity contribution in [2.24, 2.45) is 23.0 Å². The van der Waals surface area contributed by atoms with Crippen molar-refractivity contribution in [3.63, 3.8) is 0 Å². The second kappa shape index (κ2) is 6.22. The molecule has 2 N–H and O–H groups in total. The Hall–Kier alpha value is -1.58. The van der Waals surface area contributed by atoms with E-state index in [1.54, 1.807) is 0 Å². The summed E-state index contributed by atoms with van der Waals surface area (Å²) in [5.41, 5.74) is 9.30. The highest BCUT2D eigenvalue weighted by molar-refractivity contribution is 7.80. The quantitative estimate of drug-likeness (QED) is 0.433. The van der Waals surface area contributed by atoms with Crippen LogP contribution in [0.5, 0.6) is 0 Å². The summed E-state index contributed by atoms with van der Waals surface area (Å²) < 4.78 is 0. The molecule has 6 rings (SSSR count). The van der Waals surface area contributed by atoms with E-state index >= 15 is 0 Å². The molecule has 0 amide bonds. The number of benzene rings is 2. The third-order valence-electron chi connectivity index (χ3n) is 7.60. The summed E-state index contributed by atoms with van der Waals surface area (Å²) in [7, 11) is 0. The molecule has 4 aliphatic rings. The van der Waals surface area contributed by atoms with E-state index in [-0.39, 0.29) is 10.8 Å². The minimum absolute atomic E-state index is 0.0160. The number of alkyl halides is 1. The molecule has 2 aromatic rings. The summed E-state index contributed by atoms with van der Waals surface area (Å²) >= 11 is 12.2. The smallest absolute Gasteiger partial charge is 0.0931 e. The van der Waals surface area contributed by atoms with Gasteiger partial charge in [-0.3, -0.25) is 0 Å². The summed E-state index contributed by atoms with van der Waals surface area (Å²) in [4.78, 5) is 3.12. The van der Waals surface area contributed by atoms with Gasteiger partial charge in [0.1, 0.15) is 0 Å². The number of nitrogens with two attached hydrogens (primary N) is 1. The zero-order chi connectivity index (χ0) is 18.6. The number of hydrogen-bond donors (Lipinski definition) is 1. The Morgan fingerprint density at radius 1 is 1.04 bits per heavy atom. The monoisotopic (exact) mass is 396 g/mol. The van der Waals surface area contributed by atoms with Gasteiger partial charge in [-0.25, -0.2) is 0 Å². The first kappa shape index (κ1) is 17.5. The molecule has 0 radical (unpaired) electrons. The lowest BCUT2D eigenvalue weighted by Gasteiger charge is -2.46. The van der Waals surface area contributed by atoms with Gasteiger partial charge < -0.3 is 10.6 Å². The molecule has 140 valence electrons. The molecule has 4 saturated carbocycles. The topological polar surface area (TPSA) is 29.3 Å². The van der Waals surface area contributed by atoms with E-state index in [1.165, 1.54) is 17.7 Å². The van der Waals surface area contributed by atoms with Crippen LogP contribution in [0.15, 0.2) is 60.7 Å². The fourth-order valence-electron chi connectivity index (χ4n) is 6.77. The molecule has 5 atom stereocenters. The highest BCUT2D eigenvalue weighted by Crippen LogP contribution is 2.71. The normalized spacial score (nSPS) is 36.1. The van der Waals surface area contributed by atoms with Crippen molar-refractivity contribution in [2.75, 3.05) is 10.9 Å². The van der Waals surface area contributed by atoms with E-state index in [2.05, 4.69) is 65.6 Å². The molecule has 0 saturated heterocycles. The van der Waals surface area contributed by atoms with Gasteiger partial charge in [-0.05, 0) is 60.6 Å². The number of anilines is 1. The first-order chi connectivity index (χ1) is 13.1. The van der Waals surface area contributed by atoms with Crippen LogP contribution in [0, 0.1) is 17.3 Å². The van der Waals surface area contributed by atoms with E-state index in [0.29, 0.717) is 23.9 Å². The first-order valence-electron chi connectivity index (χ1n) is 9.83. The Bertz CT molecular complexity index is 857. The molecule has 2 nitrogen and oxygen atoms in total. The van der Waals surface area contributed by atoms with Gasteiger partial charge in [-0.2, -0.15) is 0 Å². The number of rotatable bonds is 5. The lowest BCUT2D eigenvalue weighted by atomic mass is 9.63.